The van der Waals surface area contributed by atoms with Crippen LogP contribution in [0.2, 0.25) is 0 Å². The fourth-order valence-corrected chi connectivity index (χ4v) is 0.905. The zero-order valence-corrected chi connectivity index (χ0v) is 8.09. The van der Waals surface area contributed by atoms with Crippen LogP contribution in [0.15, 0.2) is 12.3 Å². The molecule has 12 heavy (non-hydrogen) atoms. The molecule has 1 heterocycles. The summed E-state index contributed by atoms with van der Waals surface area (Å²) in [5.74, 6) is 0.716. The summed E-state index contributed by atoms with van der Waals surface area (Å²) in [6, 6.07) is 1.97. The Bertz CT molecular complexity index is 269. The minimum absolute atomic E-state index is 0.194. The van der Waals surface area contributed by atoms with Crippen LogP contribution in [0.5, 0.6) is 5.88 Å². The first-order valence-electron chi connectivity index (χ1n) is 4.19. The molecule has 0 fully saturated rings. The number of nitrogens with zero attached hydrogens (tertiary/aromatic N) is 1. The molecule has 1 aromatic rings. The van der Waals surface area contributed by atoms with E-state index in [0.29, 0.717) is 5.88 Å². The van der Waals surface area contributed by atoms with Gasteiger partial charge in [0.25, 0.3) is 0 Å². The summed E-state index contributed by atoms with van der Waals surface area (Å²) < 4.78 is 5.44. The van der Waals surface area contributed by atoms with Crippen LogP contribution in [0, 0.1) is 13.8 Å². The van der Waals surface area contributed by atoms with E-state index in [9.17, 15) is 0 Å². The summed E-state index contributed by atoms with van der Waals surface area (Å²) in [5.41, 5.74) is 2.42. The smallest absolute Gasteiger partial charge is 0.213 e. The van der Waals surface area contributed by atoms with Crippen molar-refractivity contribution >= 4 is 0 Å². The largest absolute Gasteiger partial charge is 0.475 e. The second-order valence-corrected chi connectivity index (χ2v) is 3.27. The Labute approximate surface area is 73.6 Å². The molecule has 0 aliphatic heterocycles. The van der Waals surface area contributed by atoms with Gasteiger partial charge in [-0.1, -0.05) is 0 Å². The lowest BCUT2D eigenvalue weighted by molar-refractivity contribution is 0.232. The van der Waals surface area contributed by atoms with E-state index in [1.807, 2.05) is 33.0 Å². The van der Waals surface area contributed by atoms with Gasteiger partial charge in [-0.05, 0) is 38.8 Å². The highest BCUT2D eigenvalue weighted by Gasteiger charge is 2.00. The highest BCUT2D eigenvalue weighted by molar-refractivity contribution is 5.26. The second kappa shape index (κ2) is 3.57. The topological polar surface area (TPSA) is 22.1 Å². The molecule has 1 rings (SSSR count). The Morgan fingerprint density at radius 2 is 1.92 bits per heavy atom. The van der Waals surface area contributed by atoms with Crippen molar-refractivity contribution in [3.63, 3.8) is 0 Å². The lowest BCUT2D eigenvalue weighted by Gasteiger charge is -2.09. The maximum atomic E-state index is 5.44. The third kappa shape index (κ3) is 2.22. The molecule has 1 aromatic heterocycles. The Kier molecular flexibility index (Phi) is 2.69. The fourth-order valence-electron chi connectivity index (χ4n) is 0.905. The van der Waals surface area contributed by atoms with E-state index in [2.05, 4.69) is 11.9 Å². The van der Waals surface area contributed by atoms with E-state index < -0.39 is 0 Å². The molecular formula is C10H15NO. The molecular weight excluding hydrogens is 150 g/mol. The van der Waals surface area contributed by atoms with Crippen molar-refractivity contribution in [1.82, 2.24) is 4.98 Å². The lowest BCUT2D eigenvalue weighted by Crippen LogP contribution is -2.07. The highest BCUT2D eigenvalue weighted by atomic mass is 16.5. The Balaban J connectivity index is 2.82. The Morgan fingerprint density at radius 3 is 2.42 bits per heavy atom. The fraction of sp³-hybridized carbons (Fsp3) is 0.500. The third-order valence-corrected chi connectivity index (χ3v) is 1.70. The Hall–Kier alpha value is -1.05. The molecule has 0 amide bonds. The van der Waals surface area contributed by atoms with Crippen molar-refractivity contribution in [2.45, 2.75) is 33.8 Å². The number of aromatic nitrogens is 1. The molecule has 0 aliphatic rings. The molecule has 0 aromatic carbocycles. The molecule has 0 bridgehead atoms. The summed E-state index contributed by atoms with van der Waals surface area (Å²) in [4.78, 5) is 4.16. The monoisotopic (exact) mass is 165 g/mol. The van der Waals surface area contributed by atoms with Crippen LogP contribution in [0.25, 0.3) is 0 Å². The predicted molar refractivity (Wildman–Crippen MR) is 49.5 cm³/mol. The molecule has 0 saturated heterocycles. The molecule has 0 saturated carbocycles. The standard InChI is InChI=1S/C10H15NO/c1-7(2)12-10-5-8(3)9(4)6-11-10/h5-7H,1-4H3. The van der Waals surface area contributed by atoms with Gasteiger partial charge in [0.2, 0.25) is 5.88 Å². The van der Waals surface area contributed by atoms with Crippen LogP contribution >= 0.6 is 0 Å². The molecule has 0 unspecified atom stereocenters. The number of pyridine rings is 1. The van der Waals surface area contributed by atoms with E-state index in [1.54, 1.807) is 0 Å². The van der Waals surface area contributed by atoms with Gasteiger partial charge in [-0.3, -0.25) is 0 Å². The van der Waals surface area contributed by atoms with E-state index in [0.717, 1.165) is 0 Å². The van der Waals surface area contributed by atoms with Gasteiger partial charge < -0.3 is 4.74 Å². The second-order valence-electron chi connectivity index (χ2n) is 3.27. The quantitative estimate of drug-likeness (QED) is 0.671. The molecule has 2 nitrogen and oxygen atoms in total. The zero-order valence-electron chi connectivity index (χ0n) is 8.09. The Morgan fingerprint density at radius 1 is 1.25 bits per heavy atom. The molecule has 0 aliphatic carbocycles. The first-order chi connectivity index (χ1) is 5.59. The number of hydrogen-bond acceptors (Lipinski definition) is 2. The van der Waals surface area contributed by atoms with E-state index in [-0.39, 0.29) is 6.10 Å². The first kappa shape index (κ1) is 9.04. The van der Waals surface area contributed by atoms with Gasteiger partial charge in [-0.15, -0.1) is 0 Å². The first-order valence-corrected chi connectivity index (χ1v) is 4.19. The molecule has 0 atom stereocenters. The zero-order chi connectivity index (χ0) is 9.14. The normalized spacial score (nSPS) is 10.4. The summed E-state index contributed by atoms with van der Waals surface area (Å²) in [5, 5.41) is 0. The van der Waals surface area contributed by atoms with Crippen LogP contribution in [0.3, 0.4) is 0 Å². The van der Waals surface area contributed by atoms with Crippen molar-refractivity contribution in [2.24, 2.45) is 0 Å². The van der Waals surface area contributed by atoms with E-state index in [4.69, 9.17) is 4.74 Å². The van der Waals surface area contributed by atoms with Crippen molar-refractivity contribution in [1.29, 1.82) is 0 Å². The van der Waals surface area contributed by atoms with Crippen molar-refractivity contribution < 1.29 is 4.74 Å². The van der Waals surface area contributed by atoms with Crippen molar-refractivity contribution in [3.8, 4) is 5.88 Å². The molecule has 2 heteroatoms. The van der Waals surface area contributed by atoms with E-state index >= 15 is 0 Å². The minimum Gasteiger partial charge on any atom is -0.475 e. The van der Waals surface area contributed by atoms with Crippen LogP contribution in [-0.2, 0) is 0 Å². The minimum atomic E-state index is 0.194. The summed E-state index contributed by atoms with van der Waals surface area (Å²) >= 11 is 0. The summed E-state index contributed by atoms with van der Waals surface area (Å²) in [7, 11) is 0. The number of ether oxygens (including phenoxy) is 1. The molecule has 0 radical (unpaired) electrons. The van der Waals surface area contributed by atoms with Gasteiger partial charge in [0, 0.05) is 12.3 Å². The van der Waals surface area contributed by atoms with Gasteiger partial charge in [-0.25, -0.2) is 4.98 Å². The summed E-state index contributed by atoms with van der Waals surface area (Å²) in [6.45, 7) is 8.10. The van der Waals surface area contributed by atoms with Crippen LogP contribution in [0.4, 0.5) is 0 Å². The summed E-state index contributed by atoms with van der Waals surface area (Å²) in [6.07, 6.45) is 2.03. The number of hydrogen-bond donors (Lipinski definition) is 0. The SMILES string of the molecule is Cc1cnc(OC(C)C)cc1C. The van der Waals surface area contributed by atoms with Crippen LogP contribution in [-0.4, -0.2) is 11.1 Å². The third-order valence-electron chi connectivity index (χ3n) is 1.70. The highest BCUT2D eigenvalue weighted by Crippen LogP contribution is 2.13. The average Bonchev–Trinajstić information content (AvgIpc) is 1.96. The average molecular weight is 165 g/mol. The van der Waals surface area contributed by atoms with Gasteiger partial charge in [0.05, 0.1) is 6.10 Å². The van der Waals surface area contributed by atoms with Gasteiger partial charge in [0.15, 0.2) is 0 Å². The van der Waals surface area contributed by atoms with Crippen LogP contribution in [0.1, 0.15) is 25.0 Å². The maximum Gasteiger partial charge on any atom is 0.213 e. The van der Waals surface area contributed by atoms with Crippen molar-refractivity contribution in [2.75, 3.05) is 0 Å². The molecule has 0 spiro atoms. The van der Waals surface area contributed by atoms with Gasteiger partial charge in [-0.2, -0.15) is 0 Å². The molecule has 66 valence electrons. The van der Waals surface area contributed by atoms with Gasteiger partial charge in [0.1, 0.15) is 0 Å². The predicted octanol–water partition coefficient (Wildman–Crippen LogP) is 2.49. The maximum absolute atomic E-state index is 5.44. The van der Waals surface area contributed by atoms with E-state index in [1.165, 1.54) is 11.1 Å². The molecule has 0 N–H and O–H groups in total. The van der Waals surface area contributed by atoms with Gasteiger partial charge >= 0.3 is 0 Å². The van der Waals surface area contributed by atoms with Crippen molar-refractivity contribution in [3.05, 3.63) is 23.4 Å². The number of rotatable bonds is 2. The van der Waals surface area contributed by atoms with Crippen LogP contribution < -0.4 is 4.74 Å². The lowest BCUT2D eigenvalue weighted by atomic mass is 10.2. The number of aryl methyl sites for hydroxylation is 2.